The first-order valence-electron chi connectivity index (χ1n) is 9.85. The van der Waals surface area contributed by atoms with Crippen molar-refractivity contribution in [2.24, 2.45) is 0 Å². The second-order valence-corrected chi connectivity index (χ2v) is 10.7. The van der Waals surface area contributed by atoms with Crippen molar-refractivity contribution in [1.82, 2.24) is 0 Å². The third kappa shape index (κ3) is 3.26. The van der Waals surface area contributed by atoms with Gasteiger partial charge in [-0.2, -0.15) is 0 Å². The fourth-order valence-corrected chi connectivity index (χ4v) is 8.11. The van der Waals surface area contributed by atoms with E-state index in [1.165, 1.54) is 57.2 Å². The zero-order chi connectivity index (χ0) is 20.7. The number of thiophene rings is 2. The highest BCUT2D eigenvalue weighted by Crippen LogP contribution is 2.44. The van der Waals surface area contributed by atoms with Crippen LogP contribution in [0.2, 0.25) is 0 Å². The molecule has 0 spiro atoms. The lowest BCUT2D eigenvalue weighted by Gasteiger charge is -2.06. The van der Waals surface area contributed by atoms with Gasteiger partial charge in [-0.15, -0.1) is 22.7 Å². The van der Waals surface area contributed by atoms with Gasteiger partial charge in [-0.1, -0.05) is 88.5 Å². The van der Waals surface area contributed by atoms with Gasteiger partial charge in [0.1, 0.15) is 0 Å². The molecule has 5 rings (SSSR count). The van der Waals surface area contributed by atoms with E-state index in [0.29, 0.717) is 8.58 Å². The Kier molecular flexibility index (Phi) is 5.16. The lowest BCUT2D eigenvalue weighted by molar-refractivity contribution is 1.52. The van der Waals surface area contributed by atoms with E-state index in [1.807, 2.05) is 34.8 Å². The van der Waals surface area contributed by atoms with E-state index in [4.69, 9.17) is 0 Å². The fraction of sp³-hybridized carbons (Fsp3) is 0.0370. The molecule has 146 valence electrons. The minimum absolute atomic E-state index is 0.620. The van der Waals surface area contributed by atoms with Gasteiger partial charge in [0.25, 0.3) is 0 Å². The highest BCUT2D eigenvalue weighted by molar-refractivity contribution is 7.58. The second kappa shape index (κ2) is 7.96. The Morgan fingerprint density at radius 1 is 0.800 bits per heavy atom. The Labute approximate surface area is 187 Å². The van der Waals surface area contributed by atoms with Crippen molar-refractivity contribution in [3.8, 4) is 9.75 Å². The van der Waals surface area contributed by atoms with Crippen molar-refractivity contribution in [3.05, 3.63) is 95.9 Å². The number of fused-ring (bicyclic) bond motifs is 2. The molecule has 0 saturated heterocycles. The summed E-state index contributed by atoms with van der Waals surface area (Å²) in [7, 11) is 0.620. The molecule has 0 aliphatic rings. The first kappa shape index (κ1) is 19.5. The van der Waals surface area contributed by atoms with Crippen LogP contribution in [0.4, 0.5) is 0 Å². The maximum absolute atomic E-state index is 4.04. The van der Waals surface area contributed by atoms with Crippen LogP contribution < -0.4 is 10.6 Å². The van der Waals surface area contributed by atoms with Gasteiger partial charge in [-0.25, -0.2) is 0 Å². The van der Waals surface area contributed by atoms with Crippen LogP contribution in [0.1, 0.15) is 16.0 Å². The van der Waals surface area contributed by atoms with Gasteiger partial charge in [0.15, 0.2) is 0 Å². The Morgan fingerprint density at radius 2 is 1.50 bits per heavy atom. The number of rotatable bonds is 5. The van der Waals surface area contributed by atoms with Crippen LogP contribution in [0.25, 0.3) is 42.8 Å². The van der Waals surface area contributed by atoms with Crippen molar-refractivity contribution in [2.75, 3.05) is 0 Å². The summed E-state index contributed by atoms with van der Waals surface area (Å²) in [6, 6.07) is 24.2. The second-order valence-electron chi connectivity index (χ2n) is 7.24. The standard InChI is InChI=1S/C27H21PS2/c1-4-21-17(3)26(29-23(21)5-2)27-25(28-20-13-7-6-8-14-20)22-15-18-11-9-10-12-19(18)16-24(22)30-27/h4-16,28H,1-2H2,3H3. The van der Waals surface area contributed by atoms with Crippen LogP contribution in [-0.4, -0.2) is 0 Å². The molecule has 0 aliphatic carbocycles. The van der Waals surface area contributed by atoms with Gasteiger partial charge < -0.3 is 0 Å². The van der Waals surface area contributed by atoms with Gasteiger partial charge in [-0.05, 0) is 46.3 Å². The fourth-order valence-electron chi connectivity index (χ4n) is 3.90. The van der Waals surface area contributed by atoms with Crippen molar-refractivity contribution in [2.45, 2.75) is 6.92 Å². The maximum Gasteiger partial charge on any atom is 0.0535 e. The monoisotopic (exact) mass is 440 g/mol. The quantitative estimate of drug-likeness (QED) is 0.243. The molecule has 3 aromatic carbocycles. The van der Waals surface area contributed by atoms with Crippen LogP contribution in [-0.2, 0) is 0 Å². The Balaban J connectivity index is 1.81. The molecule has 0 amide bonds. The summed E-state index contributed by atoms with van der Waals surface area (Å²) in [4.78, 5) is 3.94. The number of hydrogen-bond acceptors (Lipinski definition) is 2. The van der Waals surface area contributed by atoms with Gasteiger partial charge in [0.05, 0.1) is 4.88 Å². The van der Waals surface area contributed by atoms with Crippen LogP contribution in [0, 0.1) is 6.92 Å². The molecule has 0 saturated carbocycles. The van der Waals surface area contributed by atoms with E-state index in [-0.39, 0.29) is 0 Å². The summed E-state index contributed by atoms with van der Waals surface area (Å²) in [5.41, 5.74) is 2.52. The minimum atomic E-state index is 0.620. The summed E-state index contributed by atoms with van der Waals surface area (Å²) >= 11 is 3.75. The van der Waals surface area contributed by atoms with Crippen molar-refractivity contribution in [1.29, 1.82) is 0 Å². The zero-order valence-corrected chi connectivity index (χ0v) is 19.4. The van der Waals surface area contributed by atoms with Gasteiger partial charge in [0.2, 0.25) is 0 Å². The first-order valence-corrected chi connectivity index (χ1v) is 12.5. The first-order chi connectivity index (χ1) is 14.7. The summed E-state index contributed by atoms with van der Waals surface area (Å²) in [5.74, 6) is 0. The van der Waals surface area contributed by atoms with Crippen LogP contribution >= 0.6 is 31.3 Å². The topological polar surface area (TPSA) is 0 Å². The molecule has 3 heteroatoms. The Hall–Kier alpha value is -2.51. The molecule has 1 unspecified atom stereocenters. The lowest BCUT2D eigenvalue weighted by Crippen LogP contribution is -2.04. The molecule has 1 atom stereocenters. The summed E-state index contributed by atoms with van der Waals surface area (Å²) in [6.45, 7) is 10.3. The Morgan fingerprint density at radius 3 is 2.17 bits per heavy atom. The van der Waals surface area contributed by atoms with E-state index in [9.17, 15) is 0 Å². The van der Waals surface area contributed by atoms with E-state index < -0.39 is 0 Å². The Bertz CT molecular complexity index is 1400. The highest BCUT2D eigenvalue weighted by atomic mass is 32.1. The van der Waals surface area contributed by atoms with Gasteiger partial charge >= 0.3 is 0 Å². The zero-order valence-electron chi connectivity index (χ0n) is 16.7. The highest BCUT2D eigenvalue weighted by Gasteiger charge is 2.20. The molecule has 0 nitrogen and oxygen atoms in total. The molecular weight excluding hydrogens is 419 g/mol. The predicted octanol–water partition coefficient (Wildman–Crippen LogP) is 8.01. The molecule has 0 radical (unpaired) electrons. The number of hydrogen-bond donors (Lipinski definition) is 0. The normalized spacial score (nSPS) is 11.6. The molecular formula is C27H21PS2. The maximum atomic E-state index is 4.04. The van der Waals surface area contributed by atoms with E-state index in [0.717, 1.165) is 0 Å². The van der Waals surface area contributed by atoms with Crippen molar-refractivity contribution in [3.63, 3.8) is 0 Å². The van der Waals surface area contributed by atoms with Gasteiger partial charge in [-0.3, -0.25) is 0 Å². The molecule has 5 aromatic rings. The lowest BCUT2D eigenvalue weighted by atomic mass is 10.1. The van der Waals surface area contributed by atoms with Crippen LogP contribution in [0.5, 0.6) is 0 Å². The molecule has 2 heterocycles. The summed E-state index contributed by atoms with van der Waals surface area (Å²) < 4.78 is 1.36. The molecule has 0 fully saturated rings. The van der Waals surface area contributed by atoms with E-state index in [1.54, 1.807) is 0 Å². The van der Waals surface area contributed by atoms with Crippen molar-refractivity contribution < 1.29 is 0 Å². The predicted molar refractivity (Wildman–Crippen MR) is 142 cm³/mol. The van der Waals surface area contributed by atoms with E-state index in [2.05, 4.69) is 86.8 Å². The van der Waals surface area contributed by atoms with Crippen molar-refractivity contribution >= 4 is 74.9 Å². The molecule has 0 aliphatic heterocycles. The third-order valence-electron chi connectivity index (χ3n) is 5.42. The van der Waals surface area contributed by atoms with Crippen LogP contribution in [0.15, 0.2) is 79.9 Å². The number of benzene rings is 3. The largest absolute Gasteiger partial charge is 0.134 e. The summed E-state index contributed by atoms with van der Waals surface area (Å²) in [6.07, 6.45) is 3.92. The summed E-state index contributed by atoms with van der Waals surface area (Å²) in [5, 5.41) is 6.80. The van der Waals surface area contributed by atoms with E-state index >= 15 is 0 Å². The molecule has 0 N–H and O–H groups in total. The van der Waals surface area contributed by atoms with Crippen LogP contribution in [0.3, 0.4) is 0 Å². The smallest absolute Gasteiger partial charge is 0.0535 e. The molecule has 0 bridgehead atoms. The minimum Gasteiger partial charge on any atom is -0.134 e. The SMILES string of the molecule is C=Cc1sc(-c2sc3cc4ccccc4cc3c2Pc2ccccc2)c(C)c1C=C. The van der Waals surface area contributed by atoms with Gasteiger partial charge in [0, 0.05) is 25.1 Å². The average Bonchev–Trinajstić information content (AvgIpc) is 3.29. The average molecular weight is 441 g/mol. The molecule has 30 heavy (non-hydrogen) atoms. The molecule has 2 aromatic heterocycles. The third-order valence-corrected chi connectivity index (χ3v) is 9.61.